The van der Waals surface area contributed by atoms with Crippen molar-refractivity contribution in [1.29, 1.82) is 0 Å². The highest BCUT2D eigenvalue weighted by atomic mass is 16.9. The molecule has 1 atom stereocenters. The molecular formula is C4H11N3O2. The van der Waals surface area contributed by atoms with E-state index in [1.165, 1.54) is 7.05 Å². The van der Waals surface area contributed by atoms with E-state index in [9.17, 15) is 5.21 Å². The SMILES string of the molecule is CN(N)[NH+]([O-])OC1CC1. The van der Waals surface area contributed by atoms with E-state index in [0.717, 1.165) is 18.0 Å². The lowest BCUT2D eigenvalue weighted by molar-refractivity contribution is -1.15. The second-order valence-electron chi connectivity index (χ2n) is 2.19. The van der Waals surface area contributed by atoms with Crippen LogP contribution in [0.15, 0.2) is 0 Å². The van der Waals surface area contributed by atoms with Gasteiger partial charge >= 0.3 is 0 Å². The summed E-state index contributed by atoms with van der Waals surface area (Å²) in [6.07, 6.45) is 2.11. The maximum absolute atomic E-state index is 10.6. The van der Waals surface area contributed by atoms with Gasteiger partial charge in [0.2, 0.25) is 0 Å². The minimum atomic E-state index is -0.447. The van der Waals surface area contributed by atoms with E-state index in [2.05, 4.69) is 0 Å². The summed E-state index contributed by atoms with van der Waals surface area (Å²) in [5.74, 6) is 5.07. The lowest BCUT2D eigenvalue weighted by Crippen LogP contribution is -3.14. The molecule has 0 amide bonds. The van der Waals surface area contributed by atoms with Crippen molar-refractivity contribution in [3.05, 3.63) is 5.21 Å². The Morgan fingerprint density at radius 1 is 1.78 bits per heavy atom. The van der Waals surface area contributed by atoms with Gasteiger partial charge in [0.1, 0.15) is 6.10 Å². The molecule has 3 N–H and O–H groups in total. The second-order valence-corrected chi connectivity index (χ2v) is 2.19. The van der Waals surface area contributed by atoms with E-state index < -0.39 is 5.34 Å². The molecule has 0 aromatic heterocycles. The maximum Gasteiger partial charge on any atom is 0.120 e. The highest BCUT2D eigenvalue weighted by Crippen LogP contribution is 2.20. The smallest absolute Gasteiger partial charge is 0.120 e. The van der Waals surface area contributed by atoms with Crippen LogP contribution in [0.4, 0.5) is 0 Å². The fraction of sp³-hybridized carbons (Fsp3) is 1.00. The van der Waals surface area contributed by atoms with Crippen LogP contribution in [-0.4, -0.2) is 18.3 Å². The van der Waals surface area contributed by atoms with E-state index >= 15 is 0 Å². The molecule has 0 spiro atoms. The van der Waals surface area contributed by atoms with Gasteiger partial charge in [0, 0.05) is 0 Å². The number of nitrogens with two attached hydrogens (primary N) is 1. The molecule has 1 unspecified atom stereocenters. The van der Waals surface area contributed by atoms with Gasteiger partial charge in [-0.3, -0.25) is 0 Å². The first kappa shape index (κ1) is 6.91. The van der Waals surface area contributed by atoms with Gasteiger partial charge in [0.05, 0.1) is 7.05 Å². The number of hydrazine groups is 1. The molecule has 0 saturated heterocycles. The standard InChI is InChI=1S/C4H11N3O2/c1-6(5)7(8)9-4-2-3-4/h4,7H,2-3,5H2,1H3. The van der Waals surface area contributed by atoms with Gasteiger partial charge in [-0.1, -0.05) is 5.12 Å². The molecule has 1 aliphatic rings. The molecule has 0 radical (unpaired) electrons. The number of nitrogens with zero attached hydrogens (tertiary/aromatic N) is 1. The van der Waals surface area contributed by atoms with Crippen LogP contribution in [0.1, 0.15) is 12.8 Å². The van der Waals surface area contributed by atoms with Crippen LogP contribution in [0.25, 0.3) is 0 Å². The number of quaternary nitrogens is 1. The zero-order chi connectivity index (χ0) is 6.85. The fourth-order valence-electron chi connectivity index (χ4n) is 0.412. The first-order valence-electron chi connectivity index (χ1n) is 2.89. The molecule has 9 heavy (non-hydrogen) atoms. The normalized spacial score (nSPS) is 22.7. The summed E-state index contributed by atoms with van der Waals surface area (Å²) in [6.45, 7) is 0. The molecule has 0 bridgehead atoms. The fourth-order valence-corrected chi connectivity index (χ4v) is 0.412. The Morgan fingerprint density at radius 3 is 2.67 bits per heavy atom. The Morgan fingerprint density at radius 2 is 2.33 bits per heavy atom. The van der Waals surface area contributed by atoms with Crippen molar-refractivity contribution in [2.75, 3.05) is 7.05 Å². The summed E-state index contributed by atoms with van der Waals surface area (Å²) in [7, 11) is 1.46. The minimum absolute atomic E-state index is 0.142. The van der Waals surface area contributed by atoms with Crippen molar-refractivity contribution in [3.63, 3.8) is 0 Å². The topological polar surface area (TPSA) is 66.0 Å². The summed E-state index contributed by atoms with van der Waals surface area (Å²) < 4.78 is 0. The van der Waals surface area contributed by atoms with Gasteiger partial charge in [-0.2, -0.15) is 4.84 Å². The first-order valence-corrected chi connectivity index (χ1v) is 2.89. The molecule has 1 aliphatic carbocycles. The summed E-state index contributed by atoms with van der Waals surface area (Å²) in [4.78, 5) is 4.78. The molecule has 0 aromatic carbocycles. The van der Waals surface area contributed by atoms with Gasteiger partial charge in [-0.05, 0) is 12.8 Å². The van der Waals surface area contributed by atoms with Crippen LogP contribution in [0.5, 0.6) is 0 Å². The summed E-state index contributed by atoms with van der Waals surface area (Å²) in [5, 5.41) is 11.1. The minimum Gasteiger partial charge on any atom is -0.578 e. The second kappa shape index (κ2) is 2.59. The van der Waals surface area contributed by atoms with Gasteiger partial charge in [0.25, 0.3) is 0 Å². The quantitative estimate of drug-likeness (QED) is 0.351. The average Bonchev–Trinajstić information content (AvgIpc) is 2.50. The summed E-state index contributed by atoms with van der Waals surface area (Å²) in [5.41, 5.74) is 0. The monoisotopic (exact) mass is 133 g/mol. The van der Waals surface area contributed by atoms with Gasteiger partial charge in [-0.15, -0.1) is 5.34 Å². The molecular weight excluding hydrogens is 122 g/mol. The van der Waals surface area contributed by atoms with Crippen molar-refractivity contribution in [3.8, 4) is 0 Å². The van der Waals surface area contributed by atoms with Crippen LogP contribution in [0, 0.1) is 5.21 Å². The molecule has 1 fully saturated rings. The molecule has 0 aliphatic heterocycles. The number of rotatable bonds is 3. The number of hydrogen-bond donors (Lipinski definition) is 2. The van der Waals surface area contributed by atoms with Crippen molar-refractivity contribution in [2.45, 2.75) is 18.9 Å². The number of nitrogens with one attached hydrogen (secondary N) is 1. The largest absolute Gasteiger partial charge is 0.578 e. The zero-order valence-electron chi connectivity index (χ0n) is 5.33. The van der Waals surface area contributed by atoms with Crippen LogP contribution in [0.3, 0.4) is 0 Å². The Balaban J connectivity index is 2.09. The predicted octanol–water partition coefficient (Wildman–Crippen LogP) is -1.82. The maximum atomic E-state index is 10.6. The van der Waals surface area contributed by atoms with Crippen LogP contribution in [0.2, 0.25) is 0 Å². The first-order chi connectivity index (χ1) is 4.20. The Hall–Kier alpha value is -0.200. The van der Waals surface area contributed by atoms with Crippen molar-refractivity contribution in [1.82, 2.24) is 5.12 Å². The molecule has 54 valence electrons. The average molecular weight is 133 g/mol. The Bertz CT molecular complexity index is 93.8. The Kier molecular flexibility index (Phi) is 1.99. The molecule has 1 rings (SSSR count). The van der Waals surface area contributed by atoms with Crippen molar-refractivity contribution in [2.24, 2.45) is 5.84 Å². The lowest BCUT2D eigenvalue weighted by Gasteiger charge is -2.23. The predicted molar refractivity (Wildman–Crippen MR) is 30.4 cm³/mol. The van der Waals surface area contributed by atoms with Crippen LogP contribution in [-0.2, 0) is 4.84 Å². The van der Waals surface area contributed by atoms with Crippen molar-refractivity contribution >= 4 is 0 Å². The van der Waals surface area contributed by atoms with Crippen LogP contribution < -0.4 is 11.2 Å². The third-order valence-electron chi connectivity index (χ3n) is 1.08. The molecule has 0 heterocycles. The van der Waals surface area contributed by atoms with Crippen LogP contribution >= 0.6 is 0 Å². The van der Waals surface area contributed by atoms with Gasteiger partial charge in [0.15, 0.2) is 0 Å². The van der Waals surface area contributed by atoms with E-state index in [4.69, 9.17) is 10.7 Å². The number of hydrogen-bond acceptors (Lipinski definition) is 4. The third kappa shape index (κ3) is 2.25. The van der Waals surface area contributed by atoms with Crippen molar-refractivity contribution < 1.29 is 10.2 Å². The third-order valence-corrected chi connectivity index (χ3v) is 1.08. The summed E-state index contributed by atoms with van der Waals surface area (Å²) in [6, 6.07) is 0. The van der Waals surface area contributed by atoms with E-state index in [-0.39, 0.29) is 6.10 Å². The van der Waals surface area contributed by atoms with E-state index in [1.54, 1.807) is 0 Å². The molecule has 5 nitrogen and oxygen atoms in total. The highest BCUT2D eigenvalue weighted by molar-refractivity contribution is 4.70. The van der Waals surface area contributed by atoms with Gasteiger partial charge in [-0.25, -0.2) is 5.84 Å². The van der Waals surface area contributed by atoms with E-state index in [0.29, 0.717) is 0 Å². The molecule has 0 aromatic rings. The molecule has 1 saturated carbocycles. The Labute approximate surface area is 53.4 Å². The van der Waals surface area contributed by atoms with E-state index in [1.807, 2.05) is 0 Å². The lowest BCUT2D eigenvalue weighted by atomic mass is 10.9. The highest BCUT2D eigenvalue weighted by Gasteiger charge is 2.27. The van der Waals surface area contributed by atoms with Gasteiger partial charge < -0.3 is 5.21 Å². The zero-order valence-corrected chi connectivity index (χ0v) is 5.33. The molecule has 5 heteroatoms. The summed E-state index contributed by atoms with van der Waals surface area (Å²) >= 11 is 0.